The van der Waals surface area contributed by atoms with E-state index in [2.05, 4.69) is 10.6 Å². The summed E-state index contributed by atoms with van der Waals surface area (Å²) >= 11 is 0. The molecule has 0 aromatic heterocycles. The maximum absolute atomic E-state index is 13.5. The fraction of sp³-hybridized carbons (Fsp3) is 0.259. The first-order valence-corrected chi connectivity index (χ1v) is 11.2. The van der Waals surface area contributed by atoms with Gasteiger partial charge < -0.3 is 21.5 Å². The number of hydrogen-bond donors (Lipinski definition) is 4. The molecule has 33 heavy (non-hydrogen) atoms. The summed E-state index contributed by atoms with van der Waals surface area (Å²) in [7, 11) is 0. The highest BCUT2D eigenvalue weighted by Gasteiger charge is 2.27. The molecule has 0 fully saturated rings. The Morgan fingerprint density at radius 2 is 1.36 bits per heavy atom. The van der Waals surface area contributed by atoms with Crippen LogP contribution in [0.4, 0.5) is 0 Å². The Balaban J connectivity index is 1.75. The number of benzene rings is 3. The number of aromatic hydroxyl groups is 1. The minimum Gasteiger partial charge on any atom is -0.508 e. The molecule has 2 amide bonds. The van der Waals surface area contributed by atoms with Crippen molar-refractivity contribution in [2.75, 3.05) is 6.54 Å². The van der Waals surface area contributed by atoms with E-state index in [9.17, 15) is 14.7 Å². The van der Waals surface area contributed by atoms with Crippen LogP contribution < -0.4 is 16.4 Å². The number of phenolic OH excluding ortho intramolecular Hbond substituents is 1. The van der Waals surface area contributed by atoms with E-state index in [0.717, 1.165) is 29.5 Å². The summed E-state index contributed by atoms with van der Waals surface area (Å²) in [6, 6.07) is 25.1. The molecule has 172 valence electrons. The second kappa shape index (κ2) is 12.4. The van der Waals surface area contributed by atoms with E-state index in [1.165, 1.54) is 0 Å². The zero-order valence-electron chi connectivity index (χ0n) is 18.6. The number of amides is 2. The lowest BCUT2D eigenvalue weighted by atomic mass is 9.90. The third kappa shape index (κ3) is 7.19. The number of rotatable bonds is 11. The molecule has 0 heterocycles. The van der Waals surface area contributed by atoms with Gasteiger partial charge in [0.05, 0.1) is 5.92 Å². The second-order valence-electron chi connectivity index (χ2n) is 7.98. The molecule has 3 rings (SSSR count). The monoisotopic (exact) mass is 445 g/mol. The van der Waals surface area contributed by atoms with Crippen molar-refractivity contribution in [2.45, 2.75) is 37.8 Å². The molecule has 3 aromatic rings. The van der Waals surface area contributed by atoms with E-state index < -0.39 is 12.0 Å². The zero-order valence-corrected chi connectivity index (χ0v) is 18.6. The molecule has 0 radical (unpaired) electrons. The summed E-state index contributed by atoms with van der Waals surface area (Å²) < 4.78 is 0. The minimum atomic E-state index is -0.670. The van der Waals surface area contributed by atoms with Gasteiger partial charge in [-0.05, 0) is 54.6 Å². The van der Waals surface area contributed by atoms with Crippen LogP contribution in [0.15, 0.2) is 84.9 Å². The van der Waals surface area contributed by atoms with Crippen LogP contribution in [-0.4, -0.2) is 29.5 Å². The minimum absolute atomic E-state index is 0.171. The van der Waals surface area contributed by atoms with Gasteiger partial charge in [0, 0.05) is 6.54 Å². The van der Waals surface area contributed by atoms with Crippen molar-refractivity contribution in [1.29, 1.82) is 0 Å². The summed E-state index contributed by atoms with van der Waals surface area (Å²) in [6.45, 7) is 0.843. The van der Waals surface area contributed by atoms with Crippen LogP contribution in [0.1, 0.15) is 41.9 Å². The first-order valence-electron chi connectivity index (χ1n) is 11.2. The Morgan fingerprint density at radius 3 is 1.91 bits per heavy atom. The number of nitrogens with two attached hydrogens (primary N) is 1. The highest BCUT2D eigenvalue weighted by atomic mass is 16.3. The quantitative estimate of drug-likeness (QED) is 0.339. The third-order valence-electron chi connectivity index (χ3n) is 5.51. The SMILES string of the molecule is NCCCCC(NC(=O)C(c1ccccc1)c1ccccc1)C(=O)NCc1ccc(O)cc1. The number of carbonyl (C=O) groups is 2. The molecule has 0 saturated carbocycles. The molecule has 0 aliphatic heterocycles. The molecule has 0 bridgehead atoms. The van der Waals surface area contributed by atoms with E-state index in [-0.39, 0.29) is 17.6 Å². The van der Waals surface area contributed by atoms with Gasteiger partial charge in [-0.15, -0.1) is 0 Å². The van der Waals surface area contributed by atoms with Gasteiger partial charge in [0.2, 0.25) is 11.8 Å². The van der Waals surface area contributed by atoms with Gasteiger partial charge >= 0.3 is 0 Å². The second-order valence-corrected chi connectivity index (χ2v) is 7.98. The maximum atomic E-state index is 13.5. The van der Waals surface area contributed by atoms with Gasteiger partial charge in [-0.2, -0.15) is 0 Å². The molecule has 0 saturated heterocycles. The van der Waals surface area contributed by atoms with Crippen molar-refractivity contribution < 1.29 is 14.7 Å². The molecule has 0 spiro atoms. The van der Waals surface area contributed by atoms with Gasteiger partial charge in [0.1, 0.15) is 11.8 Å². The van der Waals surface area contributed by atoms with Crippen LogP contribution >= 0.6 is 0 Å². The van der Waals surface area contributed by atoms with E-state index in [4.69, 9.17) is 5.73 Å². The highest BCUT2D eigenvalue weighted by Crippen LogP contribution is 2.25. The smallest absolute Gasteiger partial charge is 0.242 e. The lowest BCUT2D eigenvalue weighted by Crippen LogP contribution is -2.48. The van der Waals surface area contributed by atoms with Gasteiger partial charge in [-0.1, -0.05) is 72.8 Å². The predicted molar refractivity (Wildman–Crippen MR) is 130 cm³/mol. The maximum Gasteiger partial charge on any atom is 0.242 e. The number of hydrogen-bond acceptors (Lipinski definition) is 4. The van der Waals surface area contributed by atoms with E-state index in [1.807, 2.05) is 60.7 Å². The summed E-state index contributed by atoms with van der Waals surface area (Å²) in [5, 5.41) is 15.3. The van der Waals surface area contributed by atoms with Crippen molar-refractivity contribution in [1.82, 2.24) is 10.6 Å². The van der Waals surface area contributed by atoms with E-state index in [1.54, 1.807) is 24.3 Å². The molecule has 5 N–H and O–H groups in total. The Morgan fingerprint density at radius 1 is 0.788 bits per heavy atom. The Kier molecular flexibility index (Phi) is 9.03. The summed E-state index contributed by atoms with van der Waals surface area (Å²) in [5.74, 6) is -0.808. The van der Waals surface area contributed by atoms with Crippen molar-refractivity contribution >= 4 is 11.8 Å². The first-order chi connectivity index (χ1) is 16.1. The summed E-state index contributed by atoms with van der Waals surface area (Å²) in [5.41, 5.74) is 8.23. The van der Waals surface area contributed by atoms with Crippen LogP contribution in [0.2, 0.25) is 0 Å². The highest BCUT2D eigenvalue weighted by molar-refractivity contribution is 5.92. The average molecular weight is 446 g/mol. The van der Waals surface area contributed by atoms with Crippen molar-refractivity contribution in [2.24, 2.45) is 5.73 Å². The van der Waals surface area contributed by atoms with Crippen LogP contribution in [0.5, 0.6) is 5.75 Å². The molecule has 0 aliphatic rings. The van der Waals surface area contributed by atoms with Crippen molar-refractivity contribution in [3.8, 4) is 5.75 Å². The lowest BCUT2D eigenvalue weighted by molar-refractivity contribution is -0.129. The molecule has 1 atom stereocenters. The molecule has 6 heteroatoms. The third-order valence-corrected chi connectivity index (χ3v) is 5.51. The van der Waals surface area contributed by atoms with Gasteiger partial charge in [-0.25, -0.2) is 0 Å². The largest absolute Gasteiger partial charge is 0.508 e. The van der Waals surface area contributed by atoms with Gasteiger partial charge in [0.25, 0.3) is 0 Å². The van der Waals surface area contributed by atoms with Crippen LogP contribution in [0.25, 0.3) is 0 Å². The molecule has 0 aliphatic carbocycles. The van der Waals surface area contributed by atoms with E-state index >= 15 is 0 Å². The van der Waals surface area contributed by atoms with Crippen LogP contribution in [0, 0.1) is 0 Å². The first kappa shape index (κ1) is 24.0. The topological polar surface area (TPSA) is 104 Å². The van der Waals surface area contributed by atoms with Gasteiger partial charge in [-0.3, -0.25) is 9.59 Å². The number of unbranched alkanes of at least 4 members (excludes halogenated alkanes) is 1. The fourth-order valence-electron chi connectivity index (χ4n) is 3.73. The van der Waals surface area contributed by atoms with Crippen molar-refractivity contribution in [3.63, 3.8) is 0 Å². The zero-order chi connectivity index (χ0) is 23.5. The molecular formula is C27H31N3O3. The lowest BCUT2D eigenvalue weighted by Gasteiger charge is -2.23. The standard InChI is InChI=1S/C27H31N3O3/c28-18-8-7-13-24(26(32)29-19-20-14-16-23(31)17-15-20)30-27(33)25(21-9-3-1-4-10-21)22-11-5-2-6-12-22/h1-6,9-12,14-17,24-25,31H,7-8,13,18-19,28H2,(H,29,32)(H,30,33). The average Bonchev–Trinajstić information content (AvgIpc) is 2.84. The number of carbonyl (C=O) groups excluding carboxylic acids is 2. The number of phenols is 1. The Bertz CT molecular complexity index is 968. The fourth-order valence-corrected chi connectivity index (χ4v) is 3.73. The van der Waals surface area contributed by atoms with E-state index in [0.29, 0.717) is 19.5 Å². The summed E-state index contributed by atoms with van der Waals surface area (Å²) in [6.07, 6.45) is 2.01. The Labute approximate surface area is 194 Å². The molecule has 6 nitrogen and oxygen atoms in total. The summed E-state index contributed by atoms with van der Waals surface area (Å²) in [4.78, 5) is 26.5. The van der Waals surface area contributed by atoms with Crippen LogP contribution in [0.3, 0.4) is 0 Å². The number of nitrogens with one attached hydrogen (secondary N) is 2. The Hall–Kier alpha value is -3.64. The van der Waals surface area contributed by atoms with Gasteiger partial charge in [0.15, 0.2) is 0 Å². The van der Waals surface area contributed by atoms with Crippen LogP contribution in [-0.2, 0) is 16.1 Å². The molecule has 3 aromatic carbocycles. The molecule has 1 unspecified atom stereocenters. The van der Waals surface area contributed by atoms with Crippen molar-refractivity contribution in [3.05, 3.63) is 102 Å². The molecular weight excluding hydrogens is 414 g/mol. The predicted octanol–water partition coefficient (Wildman–Crippen LogP) is 3.45. The normalized spacial score (nSPS) is 11.7.